The van der Waals surface area contributed by atoms with E-state index in [4.69, 9.17) is 9.47 Å². The van der Waals surface area contributed by atoms with Crippen LogP contribution in [0.2, 0.25) is 0 Å². The van der Waals surface area contributed by atoms with Gasteiger partial charge in [0.1, 0.15) is 5.75 Å². The summed E-state index contributed by atoms with van der Waals surface area (Å²) in [4.78, 5) is 2.07. The molecular weight excluding hydrogens is 350 g/mol. The van der Waals surface area contributed by atoms with E-state index >= 15 is 0 Å². The summed E-state index contributed by atoms with van der Waals surface area (Å²) in [5.41, 5.74) is 3.62. The van der Waals surface area contributed by atoms with Crippen LogP contribution in [0.3, 0.4) is 0 Å². The molecule has 0 atom stereocenters. The Morgan fingerprint density at radius 3 is 2.11 bits per heavy atom. The van der Waals surface area contributed by atoms with Crippen LogP contribution in [0.4, 0.5) is 17.2 Å². The van der Waals surface area contributed by atoms with Gasteiger partial charge in [-0.3, -0.25) is 4.90 Å². The molecule has 0 unspecified atom stereocenters. The normalized spacial score (nSPS) is 12.0. The molecule has 0 bridgehead atoms. The van der Waals surface area contributed by atoms with Gasteiger partial charge in [-0.25, -0.2) is 0 Å². The van der Waals surface area contributed by atoms with Crippen LogP contribution in [0.25, 0.3) is 11.3 Å². The van der Waals surface area contributed by atoms with E-state index in [0.29, 0.717) is 0 Å². The van der Waals surface area contributed by atoms with E-state index in [9.17, 15) is 0 Å². The van der Waals surface area contributed by atoms with Crippen LogP contribution >= 0.6 is 0 Å². The summed E-state index contributed by atoms with van der Waals surface area (Å²) < 4.78 is 11.3. The van der Waals surface area contributed by atoms with E-state index in [-0.39, 0.29) is 0 Å². The van der Waals surface area contributed by atoms with Gasteiger partial charge in [0.05, 0.1) is 24.2 Å². The van der Waals surface area contributed by atoms with Crippen molar-refractivity contribution in [1.29, 1.82) is 0 Å². The first-order chi connectivity index (χ1) is 13.8. The average Bonchev–Trinajstić information content (AvgIpc) is 2.77. The van der Waals surface area contributed by atoms with Crippen LogP contribution in [0.1, 0.15) is 0 Å². The molecule has 0 radical (unpaired) electrons. The number of aromatic nitrogens is 2. The van der Waals surface area contributed by atoms with Gasteiger partial charge in [0.25, 0.3) is 0 Å². The highest BCUT2D eigenvalue weighted by atomic mass is 16.5. The van der Waals surface area contributed by atoms with Crippen molar-refractivity contribution in [1.82, 2.24) is 10.2 Å². The summed E-state index contributed by atoms with van der Waals surface area (Å²) in [7, 11) is 1.65. The van der Waals surface area contributed by atoms with Gasteiger partial charge < -0.3 is 9.47 Å². The zero-order valence-corrected chi connectivity index (χ0v) is 15.2. The fourth-order valence-corrected chi connectivity index (χ4v) is 3.33. The van der Waals surface area contributed by atoms with Crippen molar-refractivity contribution in [3.05, 3.63) is 84.9 Å². The summed E-state index contributed by atoms with van der Waals surface area (Å²) in [6.45, 7) is 0. The fourth-order valence-electron chi connectivity index (χ4n) is 3.33. The second-order valence-electron chi connectivity index (χ2n) is 6.38. The summed E-state index contributed by atoms with van der Waals surface area (Å²) in [5.74, 6) is 3.11. The average molecular weight is 367 g/mol. The number of benzene rings is 3. The second-order valence-corrected chi connectivity index (χ2v) is 6.38. The van der Waals surface area contributed by atoms with Crippen LogP contribution in [-0.4, -0.2) is 17.3 Å². The van der Waals surface area contributed by atoms with E-state index in [1.807, 2.05) is 84.9 Å². The predicted molar refractivity (Wildman–Crippen MR) is 109 cm³/mol. The molecule has 5 heteroatoms. The van der Waals surface area contributed by atoms with Gasteiger partial charge >= 0.3 is 0 Å². The highest BCUT2D eigenvalue weighted by molar-refractivity contribution is 5.84. The molecule has 0 saturated heterocycles. The molecular formula is C23H17N3O2. The molecule has 0 amide bonds. The molecule has 4 aromatic rings. The monoisotopic (exact) mass is 367 g/mol. The lowest BCUT2D eigenvalue weighted by molar-refractivity contribution is 0.415. The Morgan fingerprint density at radius 2 is 1.46 bits per heavy atom. The topological polar surface area (TPSA) is 47.5 Å². The third-order valence-electron chi connectivity index (χ3n) is 4.68. The summed E-state index contributed by atoms with van der Waals surface area (Å²) in [6.07, 6.45) is 0. The number of ether oxygens (including phenoxy) is 2. The van der Waals surface area contributed by atoms with E-state index in [2.05, 4.69) is 15.1 Å². The minimum atomic E-state index is 0.731. The maximum absolute atomic E-state index is 6.04. The Morgan fingerprint density at radius 1 is 0.750 bits per heavy atom. The number of fused-ring (bicyclic) bond motifs is 2. The summed E-state index contributed by atoms with van der Waals surface area (Å²) in [5, 5.41) is 8.97. The first-order valence-electron chi connectivity index (χ1n) is 8.98. The first kappa shape index (κ1) is 16.3. The molecule has 1 aliphatic heterocycles. The molecule has 2 heterocycles. The maximum atomic E-state index is 6.04. The summed E-state index contributed by atoms with van der Waals surface area (Å²) >= 11 is 0. The zero-order valence-electron chi connectivity index (χ0n) is 15.2. The van der Waals surface area contributed by atoms with E-state index in [1.165, 1.54) is 0 Å². The van der Waals surface area contributed by atoms with Crippen molar-refractivity contribution in [2.24, 2.45) is 0 Å². The van der Waals surface area contributed by atoms with Gasteiger partial charge in [0.15, 0.2) is 17.3 Å². The van der Waals surface area contributed by atoms with Crippen molar-refractivity contribution in [3.63, 3.8) is 0 Å². The lowest BCUT2D eigenvalue weighted by Gasteiger charge is -2.31. The van der Waals surface area contributed by atoms with Crippen LogP contribution < -0.4 is 14.4 Å². The van der Waals surface area contributed by atoms with Crippen molar-refractivity contribution < 1.29 is 9.47 Å². The van der Waals surface area contributed by atoms with E-state index in [1.54, 1.807) is 7.11 Å². The number of rotatable bonds is 3. The van der Waals surface area contributed by atoms with Gasteiger partial charge in [-0.15, -0.1) is 10.2 Å². The standard InChI is InChI=1S/C23H17N3O2/c1-27-17-8-6-7-16(15-17)18-13-14-23(25-24-18)26-19-9-2-4-11-21(19)28-22-12-5-3-10-20(22)26/h2-15H,1H3. The zero-order chi connectivity index (χ0) is 18.9. The van der Waals surface area contributed by atoms with Gasteiger partial charge in [0, 0.05) is 5.56 Å². The van der Waals surface area contributed by atoms with Crippen LogP contribution in [0, 0.1) is 0 Å². The quantitative estimate of drug-likeness (QED) is 0.408. The van der Waals surface area contributed by atoms with E-state index in [0.717, 1.165) is 45.7 Å². The molecule has 5 nitrogen and oxygen atoms in total. The van der Waals surface area contributed by atoms with E-state index < -0.39 is 0 Å². The molecule has 0 spiro atoms. The van der Waals surface area contributed by atoms with Crippen molar-refractivity contribution >= 4 is 17.2 Å². The number of nitrogens with zero attached hydrogens (tertiary/aromatic N) is 3. The van der Waals surface area contributed by atoms with Crippen LogP contribution in [-0.2, 0) is 0 Å². The second kappa shape index (κ2) is 6.70. The molecule has 0 aliphatic carbocycles. The third kappa shape index (κ3) is 2.74. The third-order valence-corrected chi connectivity index (χ3v) is 4.68. The fraction of sp³-hybridized carbons (Fsp3) is 0.0435. The first-order valence-corrected chi connectivity index (χ1v) is 8.98. The molecule has 5 rings (SSSR count). The Kier molecular flexibility index (Phi) is 3.91. The maximum Gasteiger partial charge on any atom is 0.160 e. The molecule has 3 aromatic carbocycles. The predicted octanol–water partition coefficient (Wildman–Crippen LogP) is 5.73. The van der Waals surface area contributed by atoms with Crippen molar-refractivity contribution in [2.75, 3.05) is 12.0 Å². The number of methoxy groups -OCH3 is 1. The van der Waals surface area contributed by atoms with Crippen molar-refractivity contribution in [2.45, 2.75) is 0 Å². The Labute approximate surface area is 162 Å². The number of para-hydroxylation sites is 4. The molecule has 1 aliphatic rings. The van der Waals surface area contributed by atoms with Crippen LogP contribution in [0.15, 0.2) is 84.9 Å². The van der Waals surface area contributed by atoms with Gasteiger partial charge in [-0.2, -0.15) is 0 Å². The molecule has 136 valence electrons. The van der Waals surface area contributed by atoms with Gasteiger partial charge in [-0.05, 0) is 48.5 Å². The smallest absolute Gasteiger partial charge is 0.160 e. The molecule has 1 aromatic heterocycles. The van der Waals surface area contributed by atoms with Crippen LogP contribution in [0.5, 0.6) is 17.2 Å². The highest BCUT2D eigenvalue weighted by Crippen LogP contribution is 2.49. The molecule has 0 saturated carbocycles. The number of hydrogen-bond donors (Lipinski definition) is 0. The summed E-state index contributed by atoms with van der Waals surface area (Å²) in [6, 6.07) is 27.6. The minimum absolute atomic E-state index is 0.731. The number of anilines is 3. The molecule has 0 N–H and O–H groups in total. The lowest BCUT2D eigenvalue weighted by atomic mass is 10.1. The van der Waals surface area contributed by atoms with Gasteiger partial charge in [-0.1, -0.05) is 36.4 Å². The van der Waals surface area contributed by atoms with Crippen molar-refractivity contribution in [3.8, 4) is 28.5 Å². The van der Waals surface area contributed by atoms with Gasteiger partial charge in [0.2, 0.25) is 0 Å². The largest absolute Gasteiger partial charge is 0.497 e. The SMILES string of the molecule is COc1cccc(-c2ccc(N3c4ccccc4Oc4ccccc43)nn2)c1. The molecule has 28 heavy (non-hydrogen) atoms. The molecule has 0 fully saturated rings. The lowest BCUT2D eigenvalue weighted by Crippen LogP contribution is -2.17. The highest BCUT2D eigenvalue weighted by Gasteiger charge is 2.26. The Hall–Kier alpha value is -3.86. The Balaban J connectivity index is 1.58. The Bertz CT molecular complexity index is 1100. The minimum Gasteiger partial charge on any atom is -0.497 e. The number of hydrogen-bond acceptors (Lipinski definition) is 5.